The highest BCUT2D eigenvalue weighted by Crippen LogP contribution is 2.33. The summed E-state index contributed by atoms with van der Waals surface area (Å²) >= 11 is 3.49. The summed E-state index contributed by atoms with van der Waals surface area (Å²) in [7, 11) is 0. The Balaban J connectivity index is 2.15. The lowest BCUT2D eigenvalue weighted by Gasteiger charge is -2.38. The van der Waals surface area contributed by atoms with Crippen LogP contribution in [0.3, 0.4) is 0 Å². The second kappa shape index (κ2) is 6.12. The van der Waals surface area contributed by atoms with Crippen LogP contribution < -0.4 is 0 Å². The summed E-state index contributed by atoms with van der Waals surface area (Å²) in [6, 6.07) is 0. The predicted molar refractivity (Wildman–Crippen MR) is 67.1 cm³/mol. The van der Waals surface area contributed by atoms with Gasteiger partial charge in [0.2, 0.25) is 0 Å². The standard InChI is InChI=1S/C12H24BrN/c1-3-12(2)6-10-14(11-7-12)9-5-4-8-13/h3-11H2,1-2H3. The molecule has 1 saturated heterocycles. The lowest BCUT2D eigenvalue weighted by molar-refractivity contribution is 0.114. The average Bonchev–Trinajstić information content (AvgIpc) is 2.22. The molecule has 0 N–H and O–H groups in total. The third kappa shape index (κ3) is 3.90. The van der Waals surface area contributed by atoms with E-state index in [2.05, 4.69) is 34.7 Å². The minimum absolute atomic E-state index is 0.645. The van der Waals surface area contributed by atoms with E-state index >= 15 is 0 Å². The van der Waals surface area contributed by atoms with Gasteiger partial charge < -0.3 is 4.90 Å². The van der Waals surface area contributed by atoms with Crippen LogP contribution in [-0.4, -0.2) is 29.9 Å². The quantitative estimate of drug-likeness (QED) is 0.539. The Hall–Kier alpha value is 0.440. The van der Waals surface area contributed by atoms with E-state index in [-0.39, 0.29) is 0 Å². The maximum Gasteiger partial charge on any atom is 0.00317 e. The Labute approximate surface area is 97.4 Å². The molecule has 0 aliphatic carbocycles. The van der Waals surface area contributed by atoms with Gasteiger partial charge in [-0.3, -0.25) is 0 Å². The maximum absolute atomic E-state index is 3.49. The van der Waals surface area contributed by atoms with E-state index in [0.29, 0.717) is 5.41 Å². The molecule has 0 spiro atoms. The van der Waals surface area contributed by atoms with Crippen LogP contribution in [0.1, 0.15) is 46.0 Å². The third-order valence-corrected chi connectivity index (χ3v) is 4.34. The summed E-state index contributed by atoms with van der Waals surface area (Å²) in [6.07, 6.45) is 6.83. The molecule has 0 amide bonds. The fourth-order valence-corrected chi connectivity index (χ4v) is 2.50. The van der Waals surface area contributed by atoms with Gasteiger partial charge in [-0.25, -0.2) is 0 Å². The van der Waals surface area contributed by atoms with Crippen LogP contribution in [0.4, 0.5) is 0 Å². The Bertz CT molecular complexity index is 150. The SMILES string of the molecule is CCC1(C)CCN(CCCCBr)CC1. The van der Waals surface area contributed by atoms with Crippen LogP contribution >= 0.6 is 15.9 Å². The zero-order valence-corrected chi connectivity index (χ0v) is 11.3. The first-order valence-electron chi connectivity index (χ1n) is 5.98. The number of hydrogen-bond acceptors (Lipinski definition) is 1. The van der Waals surface area contributed by atoms with Crippen molar-refractivity contribution in [3.05, 3.63) is 0 Å². The van der Waals surface area contributed by atoms with Crippen LogP contribution in [0.5, 0.6) is 0 Å². The predicted octanol–water partition coefficient (Wildman–Crippen LogP) is 3.67. The molecule has 0 atom stereocenters. The smallest absolute Gasteiger partial charge is 0.00317 e. The second-order valence-electron chi connectivity index (χ2n) is 4.90. The number of likely N-dealkylation sites (tertiary alicyclic amines) is 1. The van der Waals surface area contributed by atoms with Gasteiger partial charge in [0.15, 0.2) is 0 Å². The summed E-state index contributed by atoms with van der Waals surface area (Å²) in [5.41, 5.74) is 0.645. The van der Waals surface area contributed by atoms with E-state index in [1.54, 1.807) is 0 Å². The summed E-state index contributed by atoms with van der Waals surface area (Å²) in [5.74, 6) is 0. The van der Waals surface area contributed by atoms with Crippen molar-refractivity contribution < 1.29 is 0 Å². The number of rotatable bonds is 5. The molecule has 0 bridgehead atoms. The monoisotopic (exact) mass is 261 g/mol. The number of hydrogen-bond donors (Lipinski definition) is 0. The molecule has 0 aromatic carbocycles. The molecule has 0 aromatic rings. The van der Waals surface area contributed by atoms with Gasteiger partial charge in [0, 0.05) is 5.33 Å². The molecule has 14 heavy (non-hydrogen) atoms. The second-order valence-corrected chi connectivity index (χ2v) is 5.69. The van der Waals surface area contributed by atoms with E-state index in [1.807, 2.05) is 0 Å². The molecule has 84 valence electrons. The van der Waals surface area contributed by atoms with Crippen LogP contribution in [0.2, 0.25) is 0 Å². The number of halogens is 1. The molecule has 0 unspecified atom stereocenters. The van der Waals surface area contributed by atoms with Crippen molar-refractivity contribution >= 4 is 15.9 Å². The van der Waals surface area contributed by atoms with Crippen molar-refractivity contribution in [1.29, 1.82) is 0 Å². The Morgan fingerprint density at radius 2 is 1.86 bits per heavy atom. The van der Waals surface area contributed by atoms with Crippen LogP contribution in [0, 0.1) is 5.41 Å². The largest absolute Gasteiger partial charge is 0.303 e. The number of piperidine rings is 1. The molecule has 1 heterocycles. The first kappa shape index (κ1) is 12.5. The van der Waals surface area contributed by atoms with Gasteiger partial charge in [-0.15, -0.1) is 0 Å². The van der Waals surface area contributed by atoms with E-state index < -0.39 is 0 Å². The van der Waals surface area contributed by atoms with Crippen LogP contribution in [-0.2, 0) is 0 Å². The highest BCUT2D eigenvalue weighted by Gasteiger charge is 2.27. The van der Waals surface area contributed by atoms with Crippen LogP contribution in [0.15, 0.2) is 0 Å². The average molecular weight is 262 g/mol. The van der Waals surface area contributed by atoms with Gasteiger partial charge in [-0.2, -0.15) is 0 Å². The first-order chi connectivity index (χ1) is 6.70. The molecule has 2 heteroatoms. The third-order valence-electron chi connectivity index (χ3n) is 3.77. The molecular formula is C12H24BrN. The Morgan fingerprint density at radius 1 is 1.21 bits per heavy atom. The van der Waals surface area contributed by atoms with Gasteiger partial charge in [-0.05, 0) is 50.7 Å². The molecular weight excluding hydrogens is 238 g/mol. The summed E-state index contributed by atoms with van der Waals surface area (Å²) < 4.78 is 0. The zero-order valence-electron chi connectivity index (χ0n) is 9.69. The van der Waals surface area contributed by atoms with Crippen molar-refractivity contribution in [3.8, 4) is 0 Å². The van der Waals surface area contributed by atoms with Gasteiger partial charge in [0.1, 0.15) is 0 Å². The molecule has 1 aliphatic heterocycles. The van der Waals surface area contributed by atoms with Crippen molar-refractivity contribution in [2.75, 3.05) is 25.0 Å². The lowest BCUT2D eigenvalue weighted by Crippen LogP contribution is -2.38. The van der Waals surface area contributed by atoms with Gasteiger partial charge in [-0.1, -0.05) is 36.2 Å². The fourth-order valence-electron chi connectivity index (χ4n) is 2.10. The van der Waals surface area contributed by atoms with Gasteiger partial charge in [0.25, 0.3) is 0 Å². The summed E-state index contributed by atoms with van der Waals surface area (Å²) in [5, 5.41) is 1.16. The number of alkyl halides is 1. The lowest BCUT2D eigenvalue weighted by atomic mass is 9.78. The molecule has 1 fully saturated rings. The molecule has 0 aromatic heterocycles. The normalized spacial score (nSPS) is 22.5. The van der Waals surface area contributed by atoms with Crippen molar-refractivity contribution in [1.82, 2.24) is 4.90 Å². The van der Waals surface area contributed by atoms with Gasteiger partial charge in [0.05, 0.1) is 0 Å². The highest BCUT2D eigenvalue weighted by molar-refractivity contribution is 9.09. The maximum atomic E-state index is 3.49. The molecule has 1 aliphatic rings. The van der Waals surface area contributed by atoms with E-state index in [1.165, 1.54) is 51.7 Å². The molecule has 1 nitrogen and oxygen atoms in total. The van der Waals surface area contributed by atoms with E-state index in [9.17, 15) is 0 Å². The van der Waals surface area contributed by atoms with E-state index in [0.717, 1.165) is 5.33 Å². The first-order valence-corrected chi connectivity index (χ1v) is 7.11. The highest BCUT2D eigenvalue weighted by atomic mass is 79.9. The van der Waals surface area contributed by atoms with Crippen molar-refractivity contribution in [3.63, 3.8) is 0 Å². The Kier molecular flexibility index (Phi) is 5.47. The molecule has 1 rings (SSSR count). The number of unbranched alkanes of at least 4 members (excludes halogenated alkanes) is 1. The number of nitrogens with zero attached hydrogens (tertiary/aromatic N) is 1. The van der Waals surface area contributed by atoms with Crippen molar-refractivity contribution in [2.45, 2.75) is 46.0 Å². The minimum atomic E-state index is 0.645. The fraction of sp³-hybridized carbons (Fsp3) is 1.00. The topological polar surface area (TPSA) is 3.24 Å². The van der Waals surface area contributed by atoms with Gasteiger partial charge >= 0.3 is 0 Å². The Morgan fingerprint density at radius 3 is 2.36 bits per heavy atom. The molecule has 0 radical (unpaired) electrons. The minimum Gasteiger partial charge on any atom is -0.303 e. The van der Waals surface area contributed by atoms with Crippen LogP contribution in [0.25, 0.3) is 0 Å². The molecule has 0 saturated carbocycles. The summed E-state index contributed by atoms with van der Waals surface area (Å²) in [4.78, 5) is 2.64. The van der Waals surface area contributed by atoms with E-state index in [4.69, 9.17) is 0 Å². The summed E-state index contributed by atoms with van der Waals surface area (Å²) in [6.45, 7) is 8.74. The van der Waals surface area contributed by atoms with Crippen molar-refractivity contribution in [2.24, 2.45) is 5.41 Å². The zero-order chi connectivity index (χ0) is 10.4.